The van der Waals surface area contributed by atoms with Crippen molar-refractivity contribution in [2.75, 3.05) is 0 Å². The van der Waals surface area contributed by atoms with E-state index in [1.165, 1.54) is 0 Å². The summed E-state index contributed by atoms with van der Waals surface area (Å²) in [5.74, 6) is 0.431. The van der Waals surface area contributed by atoms with Gasteiger partial charge in [0.2, 0.25) is 11.8 Å². The summed E-state index contributed by atoms with van der Waals surface area (Å²) in [5, 5.41) is 11.6. The summed E-state index contributed by atoms with van der Waals surface area (Å²) in [6.07, 6.45) is 0. The Balaban J connectivity index is 1.72. The van der Waals surface area contributed by atoms with Crippen LogP contribution in [0.4, 0.5) is 0 Å². The van der Waals surface area contributed by atoms with Crippen LogP contribution in [-0.4, -0.2) is 23.8 Å². The second kappa shape index (κ2) is 6.44. The number of hydrogen-bond acceptors (Lipinski definition) is 7. The molecule has 0 fully saturated rings. The van der Waals surface area contributed by atoms with E-state index < -0.39 is 9.84 Å². The first-order valence-electron chi connectivity index (χ1n) is 7.77. The Bertz CT molecular complexity index is 953. The monoisotopic (exact) mass is 361 g/mol. The maximum Gasteiger partial charge on any atom is 0.231 e. The molecule has 2 aromatic heterocycles. The molecule has 0 saturated heterocycles. The van der Waals surface area contributed by atoms with Crippen LogP contribution >= 0.6 is 0 Å². The van der Waals surface area contributed by atoms with Gasteiger partial charge in [-0.2, -0.15) is 0 Å². The summed E-state index contributed by atoms with van der Waals surface area (Å²) >= 11 is 0. The highest BCUT2D eigenvalue weighted by molar-refractivity contribution is 7.89. The fourth-order valence-electron chi connectivity index (χ4n) is 2.20. The van der Waals surface area contributed by atoms with Crippen LogP contribution in [0, 0.1) is 0 Å². The molecule has 0 N–H and O–H groups in total. The van der Waals surface area contributed by atoms with E-state index in [-0.39, 0.29) is 22.8 Å². The lowest BCUT2D eigenvalue weighted by atomic mass is 9.97. The van der Waals surface area contributed by atoms with Crippen LogP contribution in [0.5, 0.6) is 0 Å². The normalized spacial score (nSPS) is 12.4. The number of rotatable bonds is 5. The van der Waals surface area contributed by atoms with E-state index in [2.05, 4.69) is 15.4 Å². The van der Waals surface area contributed by atoms with Crippen molar-refractivity contribution in [2.45, 2.75) is 37.7 Å². The van der Waals surface area contributed by atoms with Gasteiger partial charge in [0.05, 0.1) is 11.4 Å². The van der Waals surface area contributed by atoms with Crippen molar-refractivity contribution >= 4 is 9.84 Å². The Morgan fingerprint density at radius 1 is 1.04 bits per heavy atom. The van der Waals surface area contributed by atoms with Crippen LogP contribution in [0.25, 0.3) is 11.3 Å². The van der Waals surface area contributed by atoms with Crippen LogP contribution in [-0.2, 0) is 26.8 Å². The number of nitrogens with zero attached hydrogens (tertiary/aromatic N) is 3. The van der Waals surface area contributed by atoms with Crippen LogP contribution < -0.4 is 0 Å². The molecule has 3 rings (SSSR count). The molecule has 0 bridgehead atoms. The molecule has 8 heteroatoms. The van der Waals surface area contributed by atoms with Crippen molar-refractivity contribution in [3.05, 3.63) is 53.9 Å². The first-order chi connectivity index (χ1) is 11.7. The minimum absolute atomic E-state index is 0.0803. The molecule has 1 aromatic carbocycles. The Kier molecular flexibility index (Phi) is 4.47. The fraction of sp³-hybridized carbons (Fsp3) is 0.353. The fourth-order valence-corrected chi connectivity index (χ4v) is 3.38. The third-order valence-corrected chi connectivity index (χ3v) is 4.86. The largest absolute Gasteiger partial charge is 0.424 e. The molecule has 0 saturated carbocycles. The van der Waals surface area contributed by atoms with Crippen LogP contribution in [0.3, 0.4) is 0 Å². The van der Waals surface area contributed by atoms with Gasteiger partial charge in [0, 0.05) is 17.0 Å². The minimum Gasteiger partial charge on any atom is -0.424 e. The van der Waals surface area contributed by atoms with Gasteiger partial charge in [-0.1, -0.05) is 56.3 Å². The van der Waals surface area contributed by atoms with Crippen LogP contribution in [0.15, 0.2) is 45.3 Å². The zero-order chi connectivity index (χ0) is 18.1. The summed E-state index contributed by atoms with van der Waals surface area (Å²) in [7, 11) is -3.51. The maximum absolute atomic E-state index is 12.4. The highest BCUT2D eigenvalue weighted by Gasteiger charge is 2.24. The average molecular weight is 361 g/mol. The second-order valence-corrected chi connectivity index (χ2v) is 8.90. The molecule has 132 valence electrons. The quantitative estimate of drug-likeness (QED) is 0.688. The first-order valence-corrected chi connectivity index (χ1v) is 9.59. The lowest BCUT2D eigenvalue weighted by molar-refractivity contribution is 0.377. The molecule has 0 aliphatic carbocycles. The highest BCUT2D eigenvalue weighted by atomic mass is 32.2. The summed E-state index contributed by atoms with van der Waals surface area (Å²) in [6, 6.07) is 11.0. The summed E-state index contributed by atoms with van der Waals surface area (Å²) < 4.78 is 35.4. The molecule has 0 amide bonds. The van der Waals surface area contributed by atoms with E-state index in [9.17, 15) is 8.42 Å². The molecule has 0 radical (unpaired) electrons. The maximum atomic E-state index is 12.4. The Hall–Kier alpha value is -2.48. The van der Waals surface area contributed by atoms with E-state index >= 15 is 0 Å². The van der Waals surface area contributed by atoms with Crippen LogP contribution in [0.1, 0.15) is 38.2 Å². The SMILES string of the molecule is CC(C)(C)c1nnc(CS(=O)(=O)Cc2cc(-c3ccccc3)on2)o1. The molecule has 25 heavy (non-hydrogen) atoms. The lowest BCUT2D eigenvalue weighted by Gasteiger charge is -2.10. The van der Waals surface area contributed by atoms with Crippen molar-refractivity contribution in [1.82, 2.24) is 15.4 Å². The highest BCUT2D eigenvalue weighted by Crippen LogP contribution is 2.23. The molecular weight excluding hydrogens is 342 g/mol. The van der Waals surface area contributed by atoms with Crippen molar-refractivity contribution in [2.24, 2.45) is 0 Å². The van der Waals surface area contributed by atoms with E-state index in [0.717, 1.165) is 5.56 Å². The van der Waals surface area contributed by atoms with Crippen molar-refractivity contribution in [3.63, 3.8) is 0 Å². The molecule has 0 atom stereocenters. The smallest absolute Gasteiger partial charge is 0.231 e. The molecule has 2 heterocycles. The van der Waals surface area contributed by atoms with Crippen molar-refractivity contribution in [3.8, 4) is 11.3 Å². The van der Waals surface area contributed by atoms with E-state index in [0.29, 0.717) is 17.3 Å². The predicted octanol–water partition coefficient (Wildman–Crippen LogP) is 3.14. The van der Waals surface area contributed by atoms with Gasteiger partial charge in [-0.3, -0.25) is 0 Å². The number of benzene rings is 1. The van der Waals surface area contributed by atoms with Crippen LogP contribution in [0.2, 0.25) is 0 Å². The van der Waals surface area contributed by atoms with Gasteiger partial charge < -0.3 is 8.94 Å². The van der Waals surface area contributed by atoms with Gasteiger partial charge in [-0.05, 0) is 0 Å². The van der Waals surface area contributed by atoms with Crippen molar-refractivity contribution in [1.29, 1.82) is 0 Å². The van der Waals surface area contributed by atoms with E-state index in [1.54, 1.807) is 6.07 Å². The first kappa shape index (κ1) is 17.3. The summed E-state index contributed by atoms with van der Waals surface area (Å²) in [4.78, 5) is 0. The molecule has 3 aromatic rings. The average Bonchev–Trinajstić information content (AvgIpc) is 3.16. The standard InChI is InChI=1S/C17H19N3O4S/c1-17(2,3)16-19-18-15(23-16)11-25(21,22)10-13-9-14(24-20-13)12-7-5-4-6-8-12/h4-9H,10-11H2,1-3H3. The minimum atomic E-state index is -3.51. The molecule has 0 aliphatic rings. The number of aromatic nitrogens is 3. The third-order valence-electron chi connectivity index (χ3n) is 3.44. The molecule has 0 spiro atoms. The van der Waals surface area contributed by atoms with E-state index in [4.69, 9.17) is 8.94 Å². The van der Waals surface area contributed by atoms with Gasteiger partial charge in [0.1, 0.15) is 5.75 Å². The Labute approximate surface area is 146 Å². The molecule has 0 unspecified atom stereocenters. The van der Waals surface area contributed by atoms with Gasteiger partial charge in [-0.15, -0.1) is 10.2 Å². The van der Waals surface area contributed by atoms with E-state index in [1.807, 2.05) is 51.1 Å². The number of sulfone groups is 1. The van der Waals surface area contributed by atoms with Crippen molar-refractivity contribution < 1.29 is 17.4 Å². The Morgan fingerprint density at radius 2 is 1.76 bits per heavy atom. The molecule has 0 aliphatic heterocycles. The molecule has 7 nitrogen and oxygen atoms in total. The van der Waals surface area contributed by atoms with Gasteiger partial charge in [0.25, 0.3) is 0 Å². The zero-order valence-electron chi connectivity index (χ0n) is 14.3. The Morgan fingerprint density at radius 3 is 2.40 bits per heavy atom. The molecular formula is C17H19N3O4S. The zero-order valence-corrected chi connectivity index (χ0v) is 15.1. The lowest BCUT2D eigenvalue weighted by Crippen LogP contribution is -2.11. The van der Waals surface area contributed by atoms with Gasteiger partial charge in [0.15, 0.2) is 15.6 Å². The third kappa shape index (κ3) is 4.33. The number of hydrogen-bond donors (Lipinski definition) is 0. The second-order valence-electron chi connectivity index (χ2n) is 6.83. The summed E-state index contributed by atoms with van der Waals surface area (Å²) in [5.41, 5.74) is 0.853. The predicted molar refractivity (Wildman–Crippen MR) is 91.3 cm³/mol. The topological polar surface area (TPSA) is 99.1 Å². The summed E-state index contributed by atoms with van der Waals surface area (Å²) in [6.45, 7) is 5.75. The van der Waals surface area contributed by atoms with Gasteiger partial charge in [-0.25, -0.2) is 8.42 Å². The van der Waals surface area contributed by atoms with Gasteiger partial charge >= 0.3 is 0 Å².